The number of rotatable bonds is 8. The van der Waals surface area contributed by atoms with Crippen LogP contribution in [0.1, 0.15) is 33.1 Å². The van der Waals surface area contributed by atoms with Crippen LogP contribution in [0.2, 0.25) is 0 Å². The van der Waals surface area contributed by atoms with Gasteiger partial charge in [0.1, 0.15) is 0 Å². The second-order valence-electron chi connectivity index (χ2n) is 5.01. The van der Waals surface area contributed by atoms with E-state index in [0.717, 1.165) is 26.1 Å². The molecule has 0 aromatic rings. The van der Waals surface area contributed by atoms with E-state index in [-0.39, 0.29) is 0 Å². The van der Waals surface area contributed by atoms with E-state index in [9.17, 15) is 0 Å². The van der Waals surface area contributed by atoms with E-state index in [4.69, 9.17) is 22.7 Å². The summed E-state index contributed by atoms with van der Waals surface area (Å²) >= 11 is 5.02. The van der Waals surface area contributed by atoms with Gasteiger partial charge in [0.25, 0.3) is 0 Å². The van der Waals surface area contributed by atoms with Crippen LogP contribution >= 0.6 is 12.2 Å². The quantitative estimate of drug-likeness (QED) is 0.661. The highest BCUT2D eigenvalue weighted by atomic mass is 32.1. The number of methoxy groups -OCH3 is 1. The van der Waals surface area contributed by atoms with Crippen molar-refractivity contribution in [3.8, 4) is 0 Å². The van der Waals surface area contributed by atoms with Crippen molar-refractivity contribution in [1.82, 2.24) is 4.90 Å². The van der Waals surface area contributed by atoms with Gasteiger partial charge in [-0.2, -0.15) is 0 Å². The SMILES string of the molecule is CCN(CC1(CC(N)=S)CC1)C(C)COC. The van der Waals surface area contributed by atoms with Gasteiger partial charge < -0.3 is 10.5 Å². The zero-order valence-corrected chi connectivity index (χ0v) is 11.5. The van der Waals surface area contributed by atoms with E-state index in [1.165, 1.54) is 12.8 Å². The topological polar surface area (TPSA) is 38.5 Å². The van der Waals surface area contributed by atoms with Gasteiger partial charge in [0.15, 0.2) is 0 Å². The molecule has 1 aliphatic carbocycles. The number of nitrogens with two attached hydrogens (primary N) is 1. The summed E-state index contributed by atoms with van der Waals surface area (Å²) in [6.07, 6.45) is 3.43. The van der Waals surface area contributed by atoms with Gasteiger partial charge in [0, 0.05) is 26.1 Å². The predicted molar refractivity (Wildman–Crippen MR) is 71.7 cm³/mol. The van der Waals surface area contributed by atoms with Gasteiger partial charge in [-0.15, -0.1) is 0 Å². The first-order chi connectivity index (χ1) is 7.53. The van der Waals surface area contributed by atoms with E-state index in [2.05, 4.69) is 18.7 Å². The van der Waals surface area contributed by atoms with Crippen molar-refractivity contribution in [3.05, 3.63) is 0 Å². The average molecular weight is 244 g/mol. The molecule has 1 rings (SSSR count). The molecular formula is C12H24N2OS. The normalized spacial score (nSPS) is 19.8. The smallest absolute Gasteiger partial charge is 0.0733 e. The molecule has 4 heteroatoms. The molecule has 1 unspecified atom stereocenters. The lowest BCUT2D eigenvalue weighted by molar-refractivity contribution is 0.0889. The van der Waals surface area contributed by atoms with Crippen molar-refractivity contribution < 1.29 is 4.74 Å². The molecule has 1 saturated carbocycles. The molecule has 0 spiro atoms. The maximum Gasteiger partial charge on any atom is 0.0733 e. The summed E-state index contributed by atoms with van der Waals surface area (Å²) in [5, 5.41) is 0. The minimum Gasteiger partial charge on any atom is -0.393 e. The molecule has 16 heavy (non-hydrogen) atoms. The first kappa shape index (κ1) is 13.9. The van der Waals surface area contributed by atoms with Crippen molar-refractivity contribution in [3.63, 3.8) is 0 Å². The van der Waals surface area contributed by atoms with Crippen LogP contribution in [0.25, 0.3) is 0 Å². The molecular weight excluding hydrogens is 220 g/mol. The van der Waals surface area contributed by atoms with Crippen LogP contribution in [0.15, 0.2) is 0 Å². The average Bonchev–Trinajstić information content (AvgIpc) is 2.94. The fourth-order valence-electron chi connectivity index (χ4n) is 2.29. The van der Waals surface area contributed by atoms with Gasteiger partial charge in [-0.1, -0.05) is 19.1 Å². The number of thiocarbonyl (C=S) groups is 1. The van der Waals surface area contributed by atoms with E-state index in [0.29, 0.717) is 16.4 Å². The molecule has 94 valence electrons. The number of ether oxygens (including phenoxy) is 1. The Bertz CT molecular complexity index is 241. The number of hydrogen-bond acceptors (Lipinski definition) is 3. The van der Waals surface area contributed by atoms with Crippen LogP contribution in [0.3, 0.4) is 0 Å². The van der Waals surface area contributed by atoms with Crippen LogP contribution in [-0.4, -0.2) is 42.7 Å². The lowest BCUT2D eigenvalue weighted by atomic mass is 10.0. The molecule has 0 aromatic carbocycles. The Balaban J connectivity index is 2.46. The Hall–Kier alpha value is -0.190. The Morgan fingerprint density at radius 1 is 1.56 bits per heavy atom. The highest BCUT2D eigenvalue weighted by molar-refractivity contribution is 7.80. The summed E-state index contributed by atoms with van der Waals surface area (Å²) in [6.45, 7) is 7.36. The molecule has 1 aliphatic rings. The van der Waals surface area contributed by atoms with Gasteiger partial charge in [-0.05, 0) is 31.7 Å². The van der Waals surface area contributed by atoms with Crippen molar-refractivity contribution in [2.24, 2.45) is 11.1 Å². The van der Waals surface area contributed by atoms with Crippen LogP contribution in [0, 0.1) is 5.41 Å². The first-order valence-electron chi connectivity index (χ1n) is 6.04. The maximum atomic E-state index is 5.66. The predicted octanol–water partition coefficient (Wildman–Crippen LogP) is 1.80. The van der Waals surface area contributed by atoms with Gasteiger partial charge in [0.05, 0.1) is 11.6 Å². The zero-order valence-electron chi connectivity index (χ0n) is 10.7. The molecule has 3 nitrogen and oxygen atoms in total. The van der Waals surface area contributed by atoms with Crippen molar-refractivity contribution in [2.45, 2.75) is 39.2 Å². The summed E-state index contributed by atoms with van der Waals surface area (Å²) < 4.78 is 5.21. The molecule has 0 aliphatic heterocycles. The molecule has 0 saturated heterocycles. The molecule has 0 heterocycles. The minimum absolute atomic E-state index is 0.379. The molecule has 0 aromatic heterocycles. The third-order valence-corrected chi connectivity index (χ3v) is 3.63. The van der Waals surface area contributed by atoms with E-state index in [1.54, 1.807) is 7.11 Å². The molecule has 0 radical (unpaired) electrons. The highest BCUT2D eigenvalue weighted by Gasteiger charge is 2.44. The van der Waals surface area contributed by atoms with E-state index < -0.39 is 0 Å². The van der Waals surface area contributed by atoms with Crippen LogP contribution < -0.4 is 5.73 Å². The summed E-state index contributed by atoms with van der Waals surface area (Å²) in [7, 11) is 1.76. The Kier molecular flexibility index (Phi) is 5.15. The Labute approximate surface area is 104 Å². The van der Waals surface area contributed by atoms with Crippen LogP contribution in [-0.2, 0) is 4.74 Å². The maximum absolute atomic E-state index is 5.66. The summed E-state index contributed by atoms with van der Waals surface area (Å²) in [4.78, 5) is 3.13. The highest BCUT2D eigenvalue weighted by Crippen LogP contribution is 2.49. The second kappa shape index (κ2) is 5.94. The molecule has 0 bridgehead atoms. The summed E-state index contributed by atoms with van der Waals surface area (Å²) in [5.41, 5.74) is 6.04. The standard InChI is InChI=1S/C12H24N2OS/c1-4-14(10(2)8-15-3)9-12(5-6-12)7-11(13)16/h10H,4-9H2,1-3H3,(H2,13,16). The number of hydrogen-bond donors (Lipinski definition) is 1. The van der Waals surface area contributed by atoms with Gasteiger partial charge in [-0.3, -0.25) is 4.90 Å². The Morgan fingerprint density at radius 2 is 2.19 bits per heavy atom. The third-order valence-electron chi connectivity index (χ3n) is 3.48. The minimum atomic E-state index is 0.379. The Morgan fingerprint density at radius 3 is 2.56 bits per heavy atom. The fourth-order valence-corrected chi connectivity index (χ4v) is 2.60. The molecule has 0 amide bonds. The molecule has 1 fully saturated rings. The van der Waals surface area contributed by atoms with E-state index in [1.807, 2.05) is 0 Å². The monoisotopic (exact) mass is 244 g/mol. The van der Waals surface area contributed by atoms with Crippen molar-refractivity contribution in [1.29, 1.82) is 0 Å². The lowest BCUT2D eigenvalue weighted by Gasteiger charge is -2.31. The van der Waals surface area contributed by atoms with Gasteiger partial charge in [0.2, 0.25) is 0 Å². The largest absolute Gasteiger partial charge is 0.393 e. The lowest BCUT2D eigenvalue weighted by Crippen LogP contribution is -2.40. The number of nitrogens with zero attached hydrogens (tertiary/aromatic N) is 1. The summed E-state index contributed by atoms with van der Waals surface area (Å²) in [5.74, 6) is 0. The molecule has 1 atom stereocenters. The third kappa shape index (κ3) is 4.00. The number of likely N-dealkylation sites (N-methyl/N-ethyl adjacent to an activating group) is 1. The van der Waals surface area contributed by atoms with Crippen molar-refractivity contribution in [2.75, 3.05) is 26.8 Å². The van der Waals surface area contributed by atoms with Gasteiger partial charge >= 0.3 is 0 Å². The van der Waals surface area contributed by atoms with Gasteiger partial charge in [-0.25, -0.2) is 0 Å². The summed E-state index contributed by atoms with van der Waals surface area (Å²) in [6, 6.07) is 0.471. The first-order valence-corrected chi connectivity index (χ1v) is 6.45. The van der Waals surface area contributed by atoms with Crippen molar-refractivity contribution >= 4 is 17.2 Å². The fraction of sp³-hybridized carbons (Fsp3) is 0.917. The zero-order chi connectivity index (χ0) is 12.2. The van der Waals surface area contributed by atoms with Crippen LogP contribution in [0.4, 0.5) is 0 Å². The van der Waals surface area contributed by atoms with Crippen LogP contribution in [0.5, 0.6) is 0 Å². The van der Waals surface area contributed by atoms with E-state index >= 15 is 0 Å². The second-order valence-corrected chi connectivity index (χ2v) is 5.53. The molecule has 2 N–H and O–H groups in total.